The lowest BCUT2D eigenvalue weighted by Crippen LogP contribution is -2.56. The first kappa shape index (κ1) is 26.7. The Morgan fingerprint density at radius 1 is 0.972 bits per heavy atom. The lowest BCUT2D eigenvalue weighted by molar-refractivity contribution is -0.142. The lowest BCUT2D eigenvalue weighted by Gasteiger charge is -2.32. The largest absolute Gasteiger partial charge is 0.343 e. The maximum Gasteiger partial charge on any atom is 0.268 e. The molecule has 1 fully saturated rings. The molecule has 2 aromatic carbocycles. The molecule has 2 aromatic rings. The molecule has 2 N–H and O–H groups in total. The summed E-state index contributed by atoms with van der Waals surface area (Å²) in [6, 6.07) is 16.9. The zero-order valence-electron chi connectivity index (χ0n) is 21.1. The van der Waals surface area contributed by atoms with Crippen molar-refractivity contribution >= 4 is 29.7 Å². The Morgan fingerprint density at radius 2 is 1.61 bits per heavy atom. The summed E-state index contributed by atoms with van der Waals surface area (Å²) in [7, 11) is 1.51. The van der Waals surface area contributed by atoms with Crippen LogP contribution in [0.2, 0.25) is 0 Å². The van der Waals surface area contributed by atoms with Gasteiger partial charge < -0.3 is 20.4 Å². The van der Waals surface area contributed by atoms with Crippen LogP contribution in [-0.4, -0.2) is 59.1 Å². The summed E-state index contributed by atoms with van der Waals surface area (Å²) in [6.45, 7) is 3.44. The SMILES string of the molecule is CCCC[C@@H]1NC(=O)[C@H](C)N(C)C(=O)CNC(=O)/C(=C/c2ccccc2)N(Cc2ccccc2)C1=O. The van der Waals surface area contributed by atoms with E-state index >= 15 is 0 Å². The molecule has 0 aromatic heterocycles. The predicted molar refractivity (Wildman–Crippen MR) is 138 cm³/mol. The zero-order valence-corrected chi connectivity index (χ0v) is 21.1. The van der Waals surface area contributed by atoms with Crippen LogP contribution in [0.5, 0.6) is 0 Å². The van der Waals surface area contributed by atoms with E-state index in [9.17, 15) is 19.2 Å². The summed E-state index contributed by atoms with van der Waals surface area (Å²) in [5.74, 6) is -1.74. The van der Waals surface area contributed by atoms with Gasteiger partial charge in [0.2, 0.25) is 17.7 Å². The highest BCUT2D eigenvalue weighted by atomic mass is 16.2. The Bertz CT molecular complexity index is 1100. The molecule has 8 nitrogen and oxygen atoms in total. The molecule has 1 aliphatic rings. The minimum Gasteiger partial charge on any atom is -0.343 e. The molecule has 0 unspecified atom stereocenters. The quantitative estimate of drug-likeness (QED) is 0.609. The van der Waals surface area contributed by atoms with E-state index in [4.69, 9.17) is 0 Å². The molecule has 0 saturated carbocycles. The van der Waals surface area contributed by atoms with Crippen molar-refractivity contribution in [3.63, 3.8) is 0 Å². The van der Waals surface area contributed by atoms with Gasteiger partial charge in [0.05, 0.1) is 13.1 Å². The summed E-state index contributed by atoms with van der Waals surface area (Å²) < 4.78 is 0. The molecule has 1 heterocycles. The van der Waals surface area contributed by atoms with Gasteiger partial charge in [-0.15, -0.1) is 0 Å². The van der Waals surface area contributed by atoms with Gasteiger partial charge in [-0.3, -0.25) is 19.2 Å². The first-order valence-corrected chi connectivity index (χ1v) is 12.3. The molecule has 3 rings (SSSR count). The molecule has 0 radical (unpaired) electrons. The smallest absolute Gasteiger partial charge is 0.268 e. The van der Waals surface area contributed by atoms with Gasteiger partial charge in [0.15, 0.2) is 0 Å². The average molecular weight is 491 g/mol. The third-order valence-electron chi connectivity index (χ3n) is 6.29. The Labute approximate surface area is 212 Å². The second kappa shape index (κ2) is 12.7. The van der Waals surface area contributed by atoms with E-state index in [0.29, 0.717) is 12.8 Å². The molecule has 36 heavy (non-hydrogen) atoms. The van der Waals surface area contributed by atoms with Crippen LogP contribution in [-0.2, 0) is 25.7 Å². The van der Waals surface area contributed by atoms with Gasteiger partial charge in [0.25, 0.3) is 5.91 Å². The Balaban J connectivity index is 2.13. The number of carbonyl (C=O) groups is 4. The van der Waals surface area contributed by atoms with Crippen LogP contribution in [0, 0.1) is 0 Å². The minimum absolute atomic E-state index is 0.106. The van der Waals surface area contributed by atoms with Gasteiger partial charge in [-0.05, 0) is 30.5 Å². The van der Waals surface area contributed by atoms with E-state index in [0.717, 1.165) is 17.5 Å². The molecule has 1 saturated heterocycles. The first-order valence-electron chi connectivity index (χ1n) is 12.3. The standard InChI is InChI=1S/C28H34N4O4/c1-4-5-16-23-28(36)32(19-22-14-10-7-11-15-22)24(17-21-12-8-6-9-13-21)27(35)29-18-25(33)31(3)20(2)26(34)30-23/h6-15,17,20,23H,4-5,16,18-19H2,1-3H3,(H,29,35)(H,30,34)/b24-17-/t20-,23-/m0/s1. The van der Waals surface area contributed by atoms with Crippen LogP contribution in [0.3, 0.4) is 0 Å². The van der Waals surface area contributed by atoms with E-state index in [2.05, 4.69) is 10.6 Å². The lowest BCUT2D eigenvalue weighted by atomic mass is 10.0. The number of carbonyl (C=O) groups excluding carboxylic acids is 4. The van der Waals surface area contributed by atoms with Crippen LogP contribution in [0.4, 0.5) is 0 Å². The molecule has 0 spiro atoms. The van der Waals surface area contributed by atoms with E-state index in [1.807, 2.05) is 67.6 Å². The average Bonchev–Trinajstić information content (AvgIpc) is 2.90. The Morgan fingerprint density at radius 3 is 2.25 bits per heavy atom. The molecule has 8 heteroatoms. The van der Waals surface area contributed by atoms with E-state index in [1.54, 1.807) is 13.0 Å². The van der Waals surface area contributed by atoms with E-state index < -0.39 is 29.8 Å². The monoisotopic (exact) mass is 490 g/mol. The number of hydrogen-bond donors (Lipinski definition) is 2. The first-order chi connectivity index (χ1) is 17.3. The fourth-order valence-corrected chi connectivity index (χ4v) is 3.93. The molecule has 2 atom stereocenters. The number of hydrogen-bond acceptors (Lipinski definition) is 4. The maximum absolute atomic E-state index is 14.0. The van der Waals surface area contributed by atoms with Crippen molar-refractivity contribution in [2.45, 2.75) is 51.7 Å². The van der Waals surface area contributed by atoms with Crippen molar-refractivity contribution in [3.8, 4) is 0 Å². The van der Waals surface area contributed by atoms with Gasteiger partial charge >= 0.3 is 0 Å². The number of rotatable bonds is 6. The summed E-state index contributed by atoms with van der Waals surface area (Å²) in [5, 5.41) is 5.51. The minimum atomic E-state index is -0.849. The number of nitrogens with one attached hydrogen (secondary N) is 2. The molecule has 0 bridgehead atoms. The summed E-state index contributed by atoms with van der Waals surface area (Å²) >= 11 is 0. The van der Waals surface area contributed by atoms with Crippen LogP contribution in [0.15, 0.2) is 66.4 Å². The number of benzene rings is 2. The van der Waals surface area contributed by atoms with Crippen LogP contribution < -0.4 is 10.6 Å². The van der Waals surface area contributed by atoms with E-state index in [1.165, 1.54) is 16.8 Å². The van der Waals surface area contributed by atoms with Gasteiger partial charge in [-0.2, -0.15) is 0 Å². The summed E-state index contributed by atoms with van der Waals surface area (Å²) in [4.78, 5) is 55.9. The molecule has 4 amide bonds. The fraction of sp³-hybridized carbons (Fsp3) is 0.357. The van der Waals surface area contributed by atoms with Gasteiger partial charge in [0, 0.05) is 7.05 Å². The molecule has 0 aliphatic carbocycles. The van der Waals surface area contributed by atoms with E-state index in [-0.39, 0.29) is 24.7 Å². The fourth-order valence-electron chi connectivity index (χ4n) is 3.93. The van der Waals surface area contributed by atoms with Crippen molar-refractivity contribution < 1.29 is 19.2 Å². The molecular weight excluding hydrogens is 456 g/mol. The highest BCUT2D eigenvalue weighted by Crippen LogP contribution is 2.19. The third kappa shape index (κ3) is 6.81. The zero-order chi connectivity index (χ0) is 26.1. The Hall–Kier alpha value is -3.94. The normalized spacial score (nSPS) is 21.0. The highest BCUT2D eigenvalue weighted by Gasteiger charge is 2.34. The van der Waals surface area contributed by atoms with Gasteiger partial charge in [-0.25, -0.2) is 0 Å². The molecule has 1 aliphatic heterocycles. The van der Waals surface area contributed by atoms with Crippen LogP contribution >= 0.6 is 0 Å². The van der Waals surface area contributed by atoms with Crippen molar-refractivity contribution in [3.05, 3.63) is 77.5 Å². The predicted octanol–water partition coefficient (Wildman–Crippen LogP) is 2.71. The van der Waals surface area contributed by atoms with Crippen molar-refractivity contribution in [1.82, 2.24) is 20.4 Å². The van der Waals surface area contributed by atoms with Crippen molar-refractivity contribution in [1.29, 1.82) is 0 Å². The number of unbranched alkanes of at least 4 members (excludes halogenated alkanes) is 1. The third-order valence-corrected chi connectivity index (χ3v) is 6.29. The van der Waals surface area contributed by atoms with Gasteiger partial charge in [0.1, 0.15) is 17.8 Å². The van der Waals surface area contributed by atoms with Gasteiger partial charge in [-0.1, -0.05) is 80.4 Å². The van der Waals surface area contributed by atoms with Crippen molar-refractivity contribution in [2.75, 3.05) is 13.6 Å². The highest BCUT2D eigenvalue weighted by molar-refractivity contribution is 6.04. The topological polar surface area (TPSA) is 98.8 Å². The maximum atomic E-state index is 14.0. The number of likely N-dealkylation sites (N-methyl/N-ethyl adjacent to an activating group) is 1. The second-order valence-electron chi connectivity index (χ2n) is 8.92. The summed E-state index contributed by atoms with van der Waals surface area (Å²) in [6.07, 6.45) is 3.59. The van der Waals surface area contributed by atoms with Crippen LogP contribution in [0.25, 0.3) is 6.08 Å². The second-order valence-corrected chi connectivity index (χ2v) is 8.92. The molecule has 190 valence electrons. The summed E-state index contributed by atoms with van der Waals surface area (Å²) in [5.41, 5.74) is 1.66. The van der Waals surface area contributed by atoms with Crippen LogP contribution in [0.1, 0.15) is 44.2 Å². The van der Waals surface area contributed by atoms with Crippen molar-refractivity contribution in [2.24, 2.45) is 0 Å². The number of nitrogens with zero attached hydrogens (tertiary/aromatic N) is 2. The Kier molecular flexibility index (Phi) is 9.39. The molecular formula is C28H34N4O4. The number of amides is 4.